The Morgan fingerprint density at radius 1 is 1.35 bits per heavy atom. The Morgan fingerprint density at radius 3 is 2.65 bits per heavy atom. The molecule has 0 aliphatic heterocycles. The van der Waals surface area contributed by atoms with Crippen LogP contribution >= 0.6 is 0 Å². The minimum Gasteiger partial charge on any atom is -0.507 e. The third kappa shape index (κ3) is 3.75. The van der Waals surface area contributed by atoms with E-state index in [9.17, 15) is 9.90 Å². The molecule has 4 heteroatoms. The van der Waals surface area contributed by atoms with E-state index in [0.29, 0.717) is 31.9 Å². The van der Waals surface area contributed by atoms with Gasteiger partial charge < -0.3 is 14.7 Å². The highest BCUT2D eigenvalue weighted by Gasteiger charge is 2.16. The number of para-hydroxylation sites is 1. The average molecular weight is 237 g/mol. The second kappa shape index (κ2) is 6.91. The molecule has 0 bridgehead atoms. The number of phenols is 1. The number of benzene rings is 1. The number of ether oxygens (including phenoxy) is 1. The summed E-state index contributed by atoms with van der Waals surface area (Å²) in [4.78, 5) is 13.8. The molecule has 0 aliphatic carbocycles. The summed E-state index contributed by atoms with van der Waals surface area (Å²) < 4.78 is 5.23. The lowest BCUT2D eigenvalue weighted by Gasteiger charge is -2.21. The fraction of sp³-hybridized carbons (Fsp3) is 0.462. The summed E-state index contributed by atoms with van der Waals surface area (Å²) in [6, 6.07) is 6.58. The predicted molar refractivity (Wildman–Crippen MR) is 66.2 cm³/mol. The van der Waals surface area contributed by atoms with E-state index in [-0.39, 0.29) is 11.7 Å². The van der Waals surface area contributed by atoms with Crippen LogP contribution in [0.2, 0.25) is 0 Å². The van der Waals surface area contributed by atoms with Gasteiger partial charge in [-0.15, -0.1) is 0 Å². The van der Waals surface area contributed by atoms with Gasteiger partial charge in [0, 0.05) is 19.7 Å². The highest BCUT2D eigenvalue weighted by atomic mass is 16.5. The summed E-state index contributed by atoms with van der Waals surface area (Å²) in [6.45, 7) is 6.12. The van der Waals surface area contributed by atoms with Crippen LogP contribution in [0.15, 0.2) is 24.3 Å². The second-order valence-electron chi connectivity index (χ2n) is 3.60. The third-order valence-corrected chi connectivity index (χ3v) is 2.51. The van der Waals surface area contributed by atoms with E-state index in [4.69, 9.17) is 4.74 Å². The van der Waals surface area contributed by atoms with Gasteiger partial charge in [0.25, 0.3) is 5.91 Å². The van der Waals surface area contributed by atoms with Crippen LogP contribution in [0.4, 0.5) is 0 Å². The van der Waals surface area contributed by atoms with E-state index in [1.165, 1.54) is 6.07 Å². The van der Waals surface area contributed by atoms with Crippen molar-refractivity contribution in [1.29, 1.82) is 0 Å². The largest absolute Gasteiger partial charge is 0.507 e. The summed E-state index contributed by atoms with van der Waals surface area (Å²) in [5.41, 5.74) is 0.339. The first kappa shape index (κ1) is 13.5. The van der Waals surface area contributed by atoms with E-state index in [0.717, 1.165) is 0 Å². The van der Waals surface area contributed by atoms with E-state index < -0.39 is 0 Å². The lowest BCUT2D eigenvalue weighted by molar-refractivity contribution is 0.0666. The van der Waals surface area contributed by atoms with Gasteiger partial charge in [0.2, 0.25) is 0 Å². The Kier molecular flexibility index (Phi) is 5.49. The van der Waals surface area contributed by atoms with Gasteiger partial charge >= 0.3 is 0 Å². The number of rotatable bonds is 6. The van der Waals surface area contributed by atoms with Crippen LogP contribution in [0.3, 0.4) is 0 Å². The van der Waals surface area contributed by atoms with Crippen molar-refractivity contribution in [1.82, 2.24) is 4.90 Å². The quantitative estimate of drug-likeness (QED) is 0.769. The Labute approximate surface area is 102 Å². The molecule has 0 unspecified atom stereocenters. The van der Waals surface area contributed by atoms with Crippen molar-refractivity contribution in [3.8, 4) is 5.75 Å². The molecule has 0 heterocycles. The zero-order valence-electron chi connectivity index (χ0n) is 10.3. The molecule has 94 valence electrons. The van der Waals surface area contributed by atoms with E-state index in [1.54, 1.807) is 23.1 Å². The van der Waals surface area contributed by atoms with Crippen LogP contribution in [-0.2, 0) is 4.74 Å². The van der Waals surface area contributed by atoms with Crippen LogP contribution in [0.1, 0.15) is 24.2 Å². The third-order valence-electron chi connectivity index (χ3n) is 2.51. The zero-order chi connectivity index (χ0) is 12.7. The summed E-state index contributed by atoms with van der Waals surface area (Å²) >= 11 is 0. The Bertz CT molecular complexity index is 365. The van der Waals surface area contributed by atoms with E-state index >= 15 is 0 Å². The van der Waals surface area contributed by atoms with Crippen molar-refractivity contribution in [3.63, 3.8) is 0 Å². The van der Waals surface area contributed by atoms with Gasteiger partial charge in [-0.1, -0.05) is 12.1 Å². The summed E-state index contributed by atoms with van der Waals surface area (Å²) in [6.07, 6.45) is 0. The number of amides is 1. The van der Waals surface area contributed by atoms with Crippen LogP contribution < -0.4 is 0 Å². The smallest absolute Gasteiger partial charge is 0.257 e. The van der Waals surface area contributed by atoms with Crippen LogP contribution in [0.5, 0.6) is 5.75 Å². The molecule has 1 amide bonds. The number of aromatic hydroxyl groups is 1. The fourth-order valence-corrected chi connectivity index (χ4v) is 1.55. The molecule has 0 saturated carbocycles. The van der Waals surface area contributed by atoms with Crippen molar-refractivity contribution in [2.45, 2.75) is 13.8 Å². The van der Waals surface area contributed by atoms with Crippen LogP contribution in [0, 0.1) is 0 Å². The molecule has 0 aromatic heterocycles. The molecule has 0 radical (unpaired) electrons. The highest BCUT2D eigenvalue weighted by Crippen LogP contribution is 2.17. The van der Waals surface area contributed by atoms with Crippen molar-refractivity contribution in [3.05, 3.63) is 29.8 Å². The Balaban J connectivity index is 2.69. The molecule has 1 aromatic rings. The number of phenolic OH excluding ortho intramolecular Hbond substituents is 1. The fourth-order valence-electron chi connectivity index (χ4n) is 1.55. The van der Waals surface area contributed by atoms with Gasteiger partial charge in [0.1, 0.15) is 5.75 Å². The minimum absolute atomic E-state index is 0.0207. The van der Waals surface area contributed by atoms with Gasteiger partial charge in [-0.3, -0.25) is 4.79 Å². The predicted octanol–water partition coefficient (Wildman–Crippen LogP) is 1.89. The molecule has 0 saturated heterocycles. The number of hydrogen-bond acceptors (Lipinski definition) is 3. The lowest BCUT2D eigenvalue weighted by atomic mass is 10.1. The SMILES string of the molecule is CCOCCN(CC)C(=O)c1ccccc1O. The molecule has 0 spiro atoms. The molecule has 1 rings (SSSR count). The highest BCUT2D eigenvalue weighted by molar-refractivity contribution is 5.96. The Hall–Kier alpha value is -1.55. The molecule has 0 aliphatic rings. The molecule has 17 heavy (non-hydrogen) atoms. The van der Waals surface area contributed by atoms with Gasteiger partial charge in [-0.25, -0.2) is 0 Å². The van der Waals surface area contributed by atoms with Crippen LogP contribution in [0.25, 0.3) is 0 Å². The first-order valence-corrected chi connectivity index (χ1v) is 5.85. The molecular formula is C13H19NO3. The standard InChI is InChI=1S/C13H19NO3/c1-3-14(9-10-17-4-2)13(16)11-7-5-6-8-12(11)15/h5-8,15H,3-4,9-10H2,1-2H3. The van der Waals surface area contributed by atoms with Gasteiger partial charge in [-0.05, 0) is 26.0 Å². The second-order valence-corrected chi connectivity index (χ2v) is 3.60. The normalized spacial score (nSPS) is 10.2. The molecule has 1 aromatic carbocycles. The summed E-state index contributed by atoms with van der Waals surface area (Å²) in [5, 5.41) is 9.62. The topological polar surface area (TPSA) is 49.8 Å². The van der Waals surface area contributed by atoms with Crippen LogP contribution in [-0.4, -0.2) is 42.2 Å². The molecule has 1 N–H and O–H groups in total. The van der Waals surface area contributed by atoms with Crippen molar-refractivity contribution >= 4 is 5.91 Å². The van der Waals surface area contributed by atoms with Crippen molar-refractivity contribution in [2.75, 3.05) is 26.3 Å². The molecular weight excluding hydrogens is 218 g/mol. The maximum atomic E-state index is 12.1. The molecule has 4 nitrogen and oxygen atoms in total. The number of likely N-dealkylation sites (N-methyl/N-ethyl adjacent to an activating group) is 1. The van der Waals surface area contributed by atoms with Crippen molar-refractivity contribution < 1.29 is 14.6 Å². The summed E-state index contributed by atoms with van der Waals surface area (Å²) in [7, 11) is 0. The monoisotopic (exact) mass is 237 g/mol. The van der Waals surface area contributed by atoms with Gasteiger partial charge in [0.05, 0.1) is 12.2 Å². The first-order chi connectivity index (χ1) is 8.20. The van der Waals surface area contributed by atoms with Crippen molar-refractivity contribution in [2.24, 2.45) is 0 Å². The Morgan fingerprint density at radius 2 is 2.06 bits per heavy atom. The number of carbonyl (C=O) groups is 1. The zero-order valence-corrected chi connectivity index (χ0v) is 10.3. The minimum atomic E-state index is -0.162. The van der Waals surface area contributed by atoms with Gasteiger partial charge in [0.15, 0.2) is 0 Å². The average Bonchev–Trinajstić information content (AvgIpc) is 2.35. The maximum Gasteiger partial charge on any atom is 0.257 e. The lowest BCUT2D eigenvalue weighted by Crippen LogP contribution is -2.33. The van der Waals surface area contributed by atoms with E-state index in [2.05, 4.69) is 0 Å². The van der Waals surface area contributed by atoms with E-state index in [1.807, 2.05) is 13.8 Å². The number of nitrogens with zero attached hydrogens (tertiary/aromatic N) is 1. The maximum absolute atomic E-state index is 12.1. The molecule has 0 fully saturated rings. The number of carbonyl (C=O) groups excluding carboxylic acids is 1. The van der Waals surface area contributed by atoms with Gasteiger partial charge in [-0.2, -0.15) is 0 Å². The molecule has 0 atom stereocenters. The first-order valence-electron chi connectivity index (χ1n) is 5.85. The summed E-state index contributed by atoms with van der Waals surface area (Å²) in [5.74, 6) is -0.141. The number of hydrogen-bond donors (Lipinski definition) is 1.